The molecule has 1 aromatic rings. The Hall–Kier alpha value is -1.16. The predicted molar refractivity (Wildman–Crippen MR) is 84.2 cm³/mol. The van der Waals surface area contributed by atoms with E-state index < -0.39 is 0 Å². The van der Waals surface area contributed by atoms with Gasteiger partial charge in [-0.05, 0) is 45.1 Å². The van der Waals surface area contributed by atoms with Crippen LogP contribution in [0, 0.1) is 0 Å². The van der Waals surface area contributed by atoms with Crippen molar-refractivity contribution in [2.24, 2.45) is 0 Å². The topological polar surface area (TPSA) is 41.0 Å². The van der Waals surface area contributed by atoms with Gasteiger partial charge in [0.05, 0.1) is 0 Å². The monoisotopic (exact) mass is 276 g/mol. The summed E-state index contributed by atoms with van der Waals surface area (Å²) in [5.41, 5.74) is 1.13. The van der Waals surface area contributed by atoms with Crippen LogP contribution in [0.5, 0.6) is 0 Å². The highest BCUT2D eigenvalue weighted by atomic mass is 15.2. The minimum absolute atomic E-state index is 0.620. The molecule has 0 aromatic carbocycles. The molecular weight excluding hydrogens is 248 g/mol. The summed E-state index contributed by atoms with van der Waals surface area (Å²) in [6, 6.07) is 3.46. The summed E-state index contributed by atoms with van der Waals surface area (Å²) < 4.78 is 0. The van der Waals surface area contributed by atoms with Crippen molar-refractivity contribution < 1.29 is 0 Å². The van der Waals surface area contributed by atoms with Gasteiger partial charge in [0.2, 0.25) is 0 Å². The third-order valence-corrected chi connectivity index (χ3v) is 4.36. The molecule has 1 aromatic heterocycles. The van der Waals surface area contributed by atoms with E-state index in [1.54, 1.807) is 6.33 Å². The number of hydrogen-bond donors (Lipinski definition) is 1. The predicted octanol–water partition coefficient (Wildman–Crippen LogP) is 2.79. The van der Waals surface area contributed by atoms with Gasteiger partial charge in [-0.1, -0.05) is 13.8 Å². The van der Waals surface area contributed by atoms with E-state index in [1.165, 1.54) is 32.1 Å². The summed E-state index contributed by atoms with van der Waals surface area (Å²) >= 11 is 0. The zero-order valence-electron chi connectivity index (χ0n) is 13.1. The van der Waals surface area contributed by atoms with Gasteiger partial charge in [0.15, 0.2) is 0 Å². The molecule has 0 atom stereocenters. The second-order valence-corrected chi connectivity index (χ2v) is 5.79. The maximum atomic E-state index is 4.43. The van der Waals surface area contributed by atoms with Crippen LogP contribution < -0.4 is 10.2 Å². The molecule has 2 rings (SSSR count). The fourth-order valence-corrected chi connectivity index (χ4v) is 2.97. The van der Waals surface area contributed by atoms with Crippen molar-refractivity contribution in [3.63, 3.8) is 0 Å². The van der Waals surface area contributed by atoms with Crippen LogP contribution in [-0.4, -0.2) is 35.6 Å². The second kappa shape index (κ2) is 7.58. The quantitative estimate of drug-likeness (QED) is 0.867. The average molecular weight is 276 g/mol. The number of nitrogens with zero attached hydrogens (tertiary/aromatic N) is 3. The van der Waals surface area contributed by atoms with E-state index in [0.717, 1.165) is 30.5 Å². The lowest BCUT2D eigenvalue weighted by atomic mass is 9.90. The summed E-state index contributed by atoms with van der Waals surface area (Å²) in [4.78, 5) is 11.1. The number of rotatable bonds is 6. The van der Waals surface area contributed by atoms with Crippen LogP contribution in [0.1, 0.15) is 51.6 Å². The van der Waals surface area contributed by atoms with Crippen molar-refractivity contribution in [1.29, 1.82) is 0 Å². The Labute approximate surface area is 123 Å². The summed E-state index contributed by atoms with van der Waals surface area (Å²) in [7, 11) is 2.17. The van der Waals surface area contributed by atoms with E-state index >= 15 is 0 Å². The highest BCUT2D eigenvalue weighted by Crippen LogP contribution is 2.25. The molecule has 1 aliphatic rings. The van der Waals surface area contributed by atoms with Crippen LogP contribution in [0.15, 0.2) is 12.4 Å². The Morgan fingerprint density at radius 3 is 2.60 bits per heavy atom. The molecule has 1 N–H and O–H groups in total. The molecule has 4 nitrogen and oxygen atoms in total. The molecule has 4 heteroatoms. The van der Waals surface area contributed by atoms with E-state index in [0.29, 0.717) is 6.04 Å². The number of aromatic nitrogens is 2. The molecule has 20 heavy (non-hydrogen) atoms. The lowest BCUT2D eigenvalue weighted by Crippen LogP contribution is -2.41. The number of aryl methyl sites for hydroxylation is 1. The first-order chi connectivity index (χ1) is 9.74. The summed E-state index contributed by atoms with van der Waals surface area (Å²) in [5, 5.41) is 3.64. The van der Waals surface area contributed by atoms with Gasteiger partial charge in [-0.15, -0.1) is 0 Å². The van der Waals surface area contributed by atoms with Gasteiger partial charge in [-0.2, -0.15) is 0 Å². The van der Waals surface area contributed by atoms with E-state index in [-0.39, 0.29) is 0 Å². The van der Waals surface area contributed by atoms with Crippen LogP contribution in [0.2, 0.25) is 0 Å². The minimum Gasteiger partial charge on any atom is -0.357 e. The average Bonchev–Trinajstić information content (AvgIpc) is 2.52. The molecule has 0 bridgehead atoms. The van der Waals surface area contributed by atoms with Crippen LogP contribution >= 0.6 is 0 Å². The fourth-order valence-electron chi connectivity index (χ4n) is 2.97. The number of hydrogen-bond acceptors (Lipinski definition) is 4. The highest BCUT2D eigenvalue weighted by molar-refractivity contribution is 5.39. The third kappa shape index (κ3) is 3.92. The molecule has 0 unspecified atom stereocenters. The Morgan fingerprint density at radius 2 is 1.95 bits per heavy atom. The van der Waals surface area contributed by atoms with Crippen molar-refractivity contribution in [3.8, 4) is 0 Å². The van der Waals surface area contributed by atoms with Gasteiger partial charge in [-0.25, -0.2) is 9.97 Å². The molecule has 1 fully saturated rings. The van der Waals surface area contributed by atoms with Crippen LogP contribution in [0.4, 0.5) is 5.82 Å². The van der Waals surface area contributed by atoms with Crippen molar-refractivity contribution in [3.05, 3.63) is 18.1 Å². The largest absolute Gasteiger partial charge is 0.357 e. The van der Waals surface area contributed by atoms with Gasteiger partial charge in [-0.3, -0.25) is 0 Å². The Balaban J connectivity index is 1.89. The molecule has 0 spiro atoms. The van der Waals surface area contributed by atoms with E-state index in [1.807, 2.05) is 0 Å². The zero-order valence-corrected chi connectivity index (χ0v) is 13.1. The van der Waals surface area contributed by atoms with Gasteiger partial charge < -0.3 is 10.2 Å². The van der Waals surface area contributed by atoms with Gasteiger partial charge in [0.1, 0.15) is 12.1 Å². The number of anilines is 1. The van der Waals surface area contributed by atoms with Gasteiger partial charge in [0.25, 0.3) is 0 Å². The molecule has 1 aliphatic carbocycles. The van der Waals surface area contributed by atoms with Crippen LogP contribution in [0.3, 0.4) is 0 Å². The van der Waals surface area contributed by atoms with Gasteiger partial charge in [0, 0.05) is 30.9 Å². The minimum atomic E-state index is 0.620. The maximum absolute atomic E-state index is 4.43. The lowest BCUT2D eigenvalue weighted by Gasteiger charge is -2.35. The fraction of sp³-hybridized carbons (Fsp3) is 0.750. The standard InChI is InChI=1S/C16H28N4/c1-4-10-17-14-6-8-15(9-7-14)20(3)16-11-13(5-2)18-12-19-16/h11-12,14-15,17H,4-10H2,1-3H3. The molecule has 0 radical (unpaired) electrons. The van der Waals surface area contributed by atoms with Crippen molar-refractivity contribution >= 4 is 5.82 Å². The first kappa shape index (κ1) is 15.2. The Morgan fingerprint density at radius 1 is 1.20 bits per heavy atom. The maximum Gasteiger partial charge on any atom is 0.132 e. The number of nitrogens with one attached hydrogen (secondary N) is 1. The molecule has 0 saturated heterocycles. The molecule has 1 heterocycles. The van der Waals surface area contributed by atoms with Crippen molar-refractivity contribution in [1.82, 2.24) is 15.3 Å². The third-order valence-electron chi connectivity index (χ3n) is 4.36. The Kier molecular flexibility index (Phi) is 5.77. The summed E-state index contributed by atoms with van der Waals surface area (Å²) in [6.07, 6.45) is 8.95. The second-order valence-electron chi connectivity index (χ2n) is 5.79. The smallest absolute Gasteiger partial charge is 0.132 e. The normalized spacial score (nSPS) is 22.8. The van der Waals surface area contributed by atoms with E-state index in [4.69, 9.17) is 0 Å². The lowest BCUT2D eigenvalue weighted by molar-refractivity contribution is 0.336. The highest BCUT2D eigenvalue weighted by Gasteiger charge is 2.24. The van der Waals surface area contributed by atoms with Crippen LogP contribution in [-0.2, 0) is 6.42 Å². The van der Waals surface area contributed by atoms with Crippen molar-refractivity contribution in [2.75, 3.05) is 18.5 Å². The van der Waals surface area contributed by atoms with E-state index in [2.05, 4.69) is 47.1 Å². The molecule has 0 amide bonds. The van der Waals surface area contributed by atoms with Gasteiger partial charge >= 0.3 is 0 Å². The summed E-state index contributed by atoms with van der Waals surface area (Å²) in [5.74, 6) is 1.07. The molecule has 1 saturated carbocycles. The van der Waals surface area contributed by atoms with Crippen LogP contribution in [0.25, 0.3) is 0 Å². The molecule has 112 valence electrons. The first-order valence-electron chi connectivity index (χ1n) is 8.01. The Bertz CT molecular complexity index is 399. The molecular formula is C16H28N4. The van der Waals surface area contributed by atoms with Crippen molar-refractivity contribution in [2.45, 2.75) is 64.5 Å². The zero-order chi connectivity index (χ0) is 14.4. The van der Waals surface area contributed by atoms with E-state index in [9.17, 15) is 0 Å². The first-order valence-corrected chi connectivity index (χ1v) is 8.01. The SMILES string of the molecule is CCCNC1CCC(N(C)c2cc(CC)ncn2)CC1. The summed E-state index contributed by atoms with van der Waals surface area (Å²) in [6.45, 7) is 5.51. The molecule has 0 aliphatic heterocycles.